The highest BCUT2D eigenvalue weighted by atomic mass is 16.2. The predicted octanol–water partition coefficient (Wildman–Crippen LogP) is 1.23. The molecule has 2 fully saturated rings. The Morgan fingerprint density at radius 3 is 3.12 bits per heavy atom. The monoisotopic (exact) mass is 325 g/mol. The van der Waals surface area contributed by atoms with Crippen molar-refractivity contribution in [3.63, 3.8) is 0 Å². The first-order valence-electron chi connectivity index (χ1n) is 8.30. The van der Waals surface area contributed by atoms with Gasteiger partial charge >= 0.3 is 0 Å². The fourth-order valence-corrected chi connectivity index (χ4v) is 4.11. The number of hydrogen-bond acceptors (Lipinski definition) is 6. The highest BCUT2D eigenvalue weighted by Gasteiger charge is 2.46. The number of aromatic amines is 1. The summed E-state index contributed by atoms with van der Waals surface area (Å²) in [5.41, 5.74) is 0.551. The minimum absolute atomic E-state index is 0.0404. The minimum Gasteiger partial charge on any atom is -0.353 e. The van der Waals surface area contributed by atoms with E-state index >= 15 is 0 Å². The van der Waals surface area contributed by atoms with Gasteiger partial charge in [0.15, 0.2) is 5.65 Å². The van der Waals surface area contributed by atoms with Crippen LogP contribution in [0.25, 0.3) is 11.0 Å². The van der Waals surface area contributed by atoms with Crippen LogP contribution in [-0.4, -0.2) is 56.1 Å². The molecule has 1 N–H and O–H groups in total. The summed E-state index contributed by atoms with van der Waals surface area (Å²) in [6, 6.07) is 2.00. The third-order valence-electron chi connectivity index (χ3n) is 5.24. The Hall–Kier alpha value is -2.69. The van der Waals surface area contributed by atoms with Gasteiger partial charge in [0.1, 0.15) is 18.6 Å². The van der Waals surface area contributed by atoms with Crippen molar-refractivity contribution in [3.8, 4) is 6.07 Å². The van der Waals surface area contributed by atoms with Crippen LogP contribution < -0.4 is 4.90 Å². The van der Waals surface area contributed by atoms with E-state index in [0.717, 1.165) is 62.2 Å². The van der Waals surface area contributed by atoms with E-state index in [0.29, 0.717) is 0 Å². The highest BCUT2D eigenvalue weighted by molar-refractivity contribution is 5.86. The second-order valence-electron chi connectivity index (χ2n) is 6.56. The fraction of sp³-hybridized carbons (Fsp3) is 0.562. The number of hydrogen-bond donors (Lipinski definition) is 1. The molecule has 8 heteroatoms. The van der Waals surface area contributed by atoms with Crippen LogP contribution in [0.5, 0.6) is 0 Å². The van der Waals surface area contributed by atoms with E-state index in [9.17, 15) is 4.79 Å². The Morgan fingerprint density at radius 2 is 2.25 bits per heavy atom. The van der Waals surface area contributed by atoms with E-state index < -0.39 is 0 Å². The molecule has 0 radical (unpaired) electrons. The highest BCUT2D eigenvalue weighted by Crippen LogP contribution is 2.39. The lowest BCUT2D eigenvalue weighted by molar-refractivity contribution is -0.138. The van der Waals surface area contributed by atoms with E-state index in [2.05, 4.69) is 25.1 Å². The normalized spacial score (nSPS) is 23.8. The number of aromatic nitrogens is 4. The first kappa shape index (κ1) is 14.9. The second kappa shape index (κ2) is 5.74. The molecule has 2 aromatic heterocycles. The first-order valence-corrected chi connectivity index (χ1v) is 8.30. The average Bonchev–Trinajstić information content (AvgIpc) is 3.23. The molecule has 4 heterocycles. The number of rotatable bonds is 2. The summed E-state index contributed by atoms with van der Waals surface area (Å²) < 4.78 is 0. The molecular weight excluding hydrogens is 306 g/mol. The lowest BCUT2D eigenvalue weighted by Gasteiger charge is -2.44. The van der Waals surface area contributed by atoms with E-state index in [1.807, 2.05) is 11.0 Å². The third kappa shape index (κ3) is 2.28. The van der Waals surface area contributed by atoms with Crippen LogP contribution in [-0.2, 0) is 4.79 Å². The van der Waals surface area contributed by atoms with Crippen LogP contribution in [0, 0.1) is 11.3 Å². The molecule has 1 unspecified atom stereocenters. The van der Waals surface area contributed by atoms with E-state index in [1.54, 1.807) is 12.5 Å². The maximum Gasteiger partial charge on any atom is 0.237 e. The molecule has 0 aliphatic carbocycles. The van der Waals surface area contributed by atoms with Crippen molar-refractivity contribution >= 4 is 22.8 Å². The van der Waals surface area contributed by atoms with Gasteiger partial charge in [-0.05, 0) is 25.7 Å². The molecule has 2 saturated heterocycles. The second-order valence-corrected chi connectivity index (χ2v) is 6.56. The summed E-state index contributed by atoms with van der Waals surface area (Å²) in [7, 11) is 0. The molecule has 2 aliphatic heterocycles. The van der Waals surface area contributed by atoms with Crippen LogP contribution >= 0.6 is 0 Å². The number of nitriles is 1. The van der Waals surface area contributed by atoms with Gasteiger partial charge in [0, 0.05) is 19.6 Å². The summed E-state index contributed by atoms with van der Waals surface area (Å²) >= 11 is 0. The van der Waals surface area contributed by atoms with Crippen LogP contribution in [0.2, 0.25) is 0 Å². The molecule has 1 spiro atoms. The summed E-state index contributed by atoms with van der Waals surface area (Å²) in [6.07, 6.45) is 7.28. The van der Waals surface area contributed by atoms with E-state index in [1.165, 1.54) is 0 Å². The molecule has 0 bridgehead atoms. The first-order chi connectivity index (χ1) is 11.7. The standard InChI is InChI=1S/C16H19N7O/c17-6-3-13(24)23-7-2-1-4-16(23)5-8-22(10-16)15-12-9-20-21-14(12)18-11-19-15/h9,11H,1-5,7-8,10H2,(H,18,19,20,21). The Balaban J connectivity index is 1.63. The van der Waals surface area contributed by atoms with Crippen molar-refractivity contribution in [2.24, 2.45) is 0 Å². The van der Waals surface area contributed by atoms with Gasteiger partial charge in [0.05, 0.1) is 23.2 Å². The Kier molecular flexibility index (Phi) is 3.56. The summed E-state index contributed by atoms with van der Waals surface area (Å²) in [4.78, 5) is 25.2. The van der Waals surface area contributed by atoms with Gasteiger partial charge in [-0.3, -0.25) is 9.89 Å². The lowest BCUT2D eigenvalue weighted by Crippen LogP contribution is -2.56. The molecule has 4 rings (SSSR count). The quantitative estimate of drug-likeness (QED) is 0.891. The number of nitrogens with zero attached hydrogens (tertiary/aromatic N) is 6. The number of amides is 1. The minimum atomic E-state index is -0.173. The zero-order valence-corrected chi connectivity index (χ0v) is 13.4. The number of piperidine rings is 1. The summed E-state index contributed by atoms with van der Waals surface area (Å²) in [5, 5.41) is 16.7. The summed E-state index contributed by atoms with van der Waals surface area (Å²) in [6.45, 7) is 2.34. The molecule has 0 aromatic carbocycles. The smallest absolute Gasteiger partial charge is 0.237 e. The molecule has 1 atom stereocenters. The number of fused-ring (bicyclic) bond motifs is 1. The van der Waals surface area contributed by atoms with Crippen molar-refractivity contribution in [2.75, 3.05) is 24.5 Å². The SMILES string of the molecule is N#CCC(=O)N1CCCCC12CCN(c1ncnc3[nH]ncc13)C2. The van der Waals surface area contributed by atoms with Crippen LogP contribution in [0.1, 0.15) is 32.1 Å². The van der Waals surface area contributed by atoms with E-state index in [-0.39, 0.29) is 17.9 Å². The molecular formula is C16H19N7O. The maximum atomic E-state index is 12.4. The molecule has 8 nitrogen and oxygen atoms in total. The van der Waals surface area contributed by atoms with Gasteiger partial charge in [-0.15, -0.1) is 0 Å². The van der Waals surface area contributed by atoms with Crippen molar-refractivity contribution in [1.29, 1.82) is 5.26 Å². The lowest BCUT2D eigenvalue weighted by atomic mass is 9.85. The van der Waals surface area contributed by atoms with Crippen molar-refractivity contribution in [3.05, 3.63) is 12.5 Å². The zero-order chi connectivity index (χ0) is 16.6. The summed E-state index contributed by atoms with van der Waals surface area (Å²) in [5.74, 6) is 0.819. The van der Waals surface area contributed by atoms with Gasteiger partial charge in [-0.2, -0.15) is 10.4 Å². The van der Waals surface area contributed by atoms with E-state index in [4.69, 9.17) is 5.26 Å². The molecule has 2 aromatic rings. The molecule has 124 valence electrons. The van der Waals surface area contributed by atoms with Gasteiger partial charge < -0.3 is 9.80 Å². The predicted molar refractivity (Wildman–Crippen MR) is 87.0 cm³/mol. The molecule has 0 saturated carbocycles. The topological polar surface area (TPSA) is 102 Å². The molecule has 1 amide bonds. The van der Waals surface area contributed by atoms with Crippen molar-refractivity contribution < 1.29 is 4.79 Å². The zero-order valence-electron chi connectivity index (χ0n) is 13.4. The number of likely N-dealkylation sites (tertiary alicyclic amines) is 1. The number of carbonyl (C=O) groups is 1. The maximum absolute atomic E-state index is 12.4. The van der Waals surface area contributed by atoms with Gasteiger partial charge in [0.2, 0.25) is 5.91 Å². The third-order valence-corrected chi connectivity index (χ3v) is 5.24. The Labute approximate surface area is 139 Å². The average molecular weight is 325 g/mol. The van der Waals surface area contributed by atoms with Crippen molar-refractivity contribution in [2.45, 2.75) is 37.6 Å². The van der Waals surface area contributed by atoms with Crippen molar-refractivity contribution in [1.82, 2.24) is 25.1 Å². The molecule has 24 heavy (non-hydrogen) atoms. The fourth-order valence-electron chi connectivity index (χ4n) is 4.11. The van der Waals surface area contributed by atoms with Crippen LogP contribution in [0.4, 0.5) is 5.82 Å². The van der Waals surface area contributed by atoms with Crippen LogP contribution in [0.15, 0.2) is 12.5 Å². The Morgan fingerprint density at radius 1 is 1.33 bits per heavy atom. The van der Waals surface area contributed by atoms with Crippen LogP contribution in [0.3, 0.4) is 0 Å². The molecule has 2 aliphatic rings. The number of anilines is 1. The largest absolute Gasteiger partial charge is 0.353 e. The van der Waals surface area contributed by atoms with Gasteiger partial charge in [-0.25, -0.2) is 9.97 Å². The Bertz CT molecular complexity index is 810. The van der Waals surface area contributed by atoms with Gasteiger partial charge in [0.25, 0.3) is 0 Å². The number of nitrogens with one attached hydrogen (secondary N) is 1. The number of H-pyrrole nitrogens is 1. The van der Waals surface area contributed by atoms with Gasteiger partial charge in [-0.1, -0.05) is 0 Å². The number of carbonyl (C=O) groups excluding carboxylic acids is 1.